The van der Waals surface area contributed by atoms with Crippen molar-refractivity contribution in [2.45, 2.75) is 32.9 Å². The summed E-state index contributed by atoms with van der Waals surface area (Å²) in [5.74, 6) is 0. The van der Waals surface area contributed by atoms with Gasteiger partial charge in [-0.2, -0.15) is 5.06 Å². The molecule has 0 aliphatic carbocycles. The van der Waals surface area contributed by atoms with E-state index in [0.717, 1.165) is 6.42 Å². The van der Waals surface area contributed by atoms with Gasteiger partial charge < -0.3 is 4.74 Å². The molecule has 13 heavy (non-hydrogen) atoms. The standard InChI is InChI=1S/C8H16NO3Si/c1-4-7(13)9(12-6-3)8(10)11-5-2/h7H,4-6H2,1-3H3. The van der Waals surface area contributed by atoms with Gasteiger partial charge in [-0.05, 0) is 20.3 Å². The lowest BCUT2D eigenvalue weighted by molar-refractivity contribution is -0.141. The Balaban J connectivity index is 4.13. The van der Waals surface area contributed by atoms with E-state index in [1.54, 1.807) is 6.92 Å². The highest BCUT2D eigenvalue weighted by Crippen LogP contribution is 2.04. The molecule has 0 N–H and O–H groups in total. The van der Waals surface area contributed by atoms with Crippen molar-refractivity contribution in [2.75, 3.05) is 13.2 Å². The van der Waals surface area contributed by atoms with Crippen molar-refractivity contribution >= 4 is 16.3 Å². The molecule has 0 bridgehead atoms. The van der Waals surface area contributed by atoms with Crippen LogP contribution in [0.4, 0.5) is 4.79 Å². The lowest BCUT2D eigenvalue weighted by atomic mass is 10.5. The number of amides is 1. The number of nitrogens with zero attached hydrogens (tertiary/aromatic N) is 1. The van der Waals surface area contributed by atoms with Gasteiger partial charge in [0.25, 0.3) is 0 Å². The molecular formula is C8H16NO3Si. The number of hydrogen-bond acceptors (Lipinski definition) is 3. The Morgan fingerprint density at radius 1 is 1.38 bits per heavy atom. The zero-order chi connectivity index (χ0) is 10.3. The van der Waals surface area contributed by atoms with Crippen LogP contribution < -0.4 is 0 Å². The van der Waals surface area contributed by atoms with E-state index in [1.807, 2.05) is 13.8 Å². The van der Waals surface area contributed by atoms with Crippen LogP contribution in [0.15, 0.2) is 0 Å². The fourth-order valence-electron chi connectivity index (χ4n) is 0.762. The Morgan fingerprint density at radius 3 is 2.38 bits per heavy atom. The summed E-state index contributed by atoms with van der Waals surface area (Å²) in [5, 5.41) is 1.21. The van der Waals surface area contributed by atoms with Gasteiger partial charge in [0, 0.05) is 5.67 Å². The average molecular weight is 202 g/mol. The molecule has 0 rings (SSSR count). The third-order valence-corrected chi connectivity index (χ3v) is 2.03. The topological polar surface area (TPSA) is 38.8 Å². The van der Waals surface area contributed by atoms with Crippen LogP contribution in [-0.4, -0.2) is 40.3 Å². The maximum atomic E-state index is 11.3. The zero-order valence-electron chi connectivity index (χ0n) is 8.37. The van der Waals surface area contributed by atoms with Crippen molar-refractivity contribution in [1.82, 2.24) is 5.06 Å². The van der Waals surface area contributed by atoms with Crippen LogP contribution in [0.1, 0.15) is 27.2 Å². The van der Waals surface area contributed by atoms with Gasteiger partial charge in [-0.15, -0.1) is 0 Å². The fourth-order valence-corrected chi connectivity index (χ4v) is 0.942. The summed E-state index contributed by atoms with van der Waals surface area (Å²) in [6.07, 6.45) is 0.307. The van der Waals surface area contributed by atoms with Crippen molar-refractivity contribution in [2.24, 2.45) is 0 Å². The van der Waals surface area contributed by atoms with Crippen molar-refractivity contribution in [3.05, 3.63) is 0 Å². The molecule has 0 aromatic carbocycles. The number of carbonyl (C=O) groups excluding carboxylic acids is 1. The van der Waals surface area contributed by atoms with Crippen molar-refractivity contribution in [1.29, 1.82) is 0 Å². The van der Waals surface area contributed by atoms with E-state index in [4.69, 9.17) is 9.57 Å². The Kier molecular flexibility index (Phi) is 6.62. The highest BCUT2D eigenvalue weighted by Gasteiger charge is 2.20. The predicted molar refractivity (Wildman–Crippen MR) is 50.3 cm³/mol. The second kappa shape index (κ2) is 6.91. The second-order valence-corrected chi connectivity index (χ2v) is 3.03. The van der Waals surface area contributed by atoms with E-state index < -0.39 is 6.09 Å². The largest absolute Gasteiger partial charge is 0.448 e. The number of hydroxylamine groups is 2. The summed E-state index contributed by atoms with van der Waals surface area (Å²) in [4.78, 5) is 16.4. The highest BCUT2D eigenvalue weighted by molar-refractivity contribution is 6.12. The van der Waals surface area contributed by atoms with Gasteiger partial charge in [0.05, 0.1) is 23.5 Å². The Bertz CT molecular complexity index is 154. The Hall–Kier alpha value is -0.553. The average Bonchev–Trinajstić information content (AvgIpc) is 2.13. The highest BCUT2D eigenvalue weighted by atomic mass is 28.1. The smallest absolute Gasteiger partial charge is 0.433 e. The van der Waals surface area contributed by atoms with E-state index in [9.17, 15) is 4.79 Å². The van der Waals surface area contributed by atoms with Crippen molar-refractivity contribution in [3.63, 3.8) is 0 Å². The van der Waals surface area contributed by atoms with E-state index >= 15 is 0 Å². The maximum absolute atomic E-state index is 11.3. The number of ether oxygens (including phenoxy) is 1. The molecule has 1 atom stereocenters. The molecule has 0 spiro atoms. The van der Waals surface area contributed by atoms with E-state index in [-0.39, 0.29) is 5.67 Å². The molecule has 0 saturated carbocycles. The van der Waals surface area contributed by atoms with Crippen LogP contribution in [0.5, 0.6) is 0 Å². The first-order valence-electron chi connectivity index (χ1n) is 4.47. The minimum absolute atomic E-state index is 0.140. The van der Waals surface area contributed by atoms with Gasteiger partial charge in [0.2, 0.25) is 0 Å². The van der Waals surface area contributed by atoms with Crippen molar-refractivity contribution in [3.8, 4) is 0 Å². The molecule has 0 saturated heterocycles. The molecule has 0 fully saturated rings. The zero-order valence-corrected chi connectivity index (χ0v) is 9.37. The first-order chi connectivity index (χ1) is 6.17. The quantitative estimate of drug-likeness (QED) is 0.498. The number of hydrogen-bond donors (Lipinski definition) is 0. The molecule has 4 nitrogen and oxygen atoms in total. The first-order valence-corrected chi connectivity index (χ1v) is 5.05. The summed E-state index contributed by atoms with van der Waals surface area (Å²) < 4.78 is 4.81. The second-order valence-electron chi connectivity index (χ2n) is 2.37. The van der Waals surface area contributed by atoms with Gasteiger partial charge in [-0.1, -0.05) is 6.92 Å². The van der Waals surface area contributed by atoms with Gasteiger partial charge in [0.1, 0.15) is 0 Å². The minimum Gasteiger partial charge on any atom is -0.448 e. The SMILES string of the molecule is CCOC(=O)N(OCC)C([Si])CC. The van der Waals surface area contributed by atoms with Gasteiger partial charge in [-0.25, -0.2) is 4.79 Å². The summed E-state index contributed by atoms with van der Waals surface area (Å²) in [6.45, 7) is 6.32. The van der Waals surface area contributed by atoms with Crippen LogP contribution in [0, 0.1) is 0 Å². The molecule has 0 heterocycles. The van der Waals surface area contributed by atoms with E-state index in [2.05, 4.69) is 10.2 Å². The lowest BCUT2D eigenvalue weighted by Crippen LogP contribution is -2.40. The minimum atomic E-state index is -0.453. The number of carbonyl (C=O) groups is 1. The van der Waals surface area contributed by atoms with E-state index in [0.29, 0.717) is 13.2 Å². The molecule has 0 aromatic rings. The van der Waals surface area contributed by atoms with Crippen LogP contribution in [0.25, 0.3) is 0 Å². The van der Waals surface area contributed by atoms with Crippen LogP contribution in [0.2, 0.25) is 0 Å². The lowest BCUT2D eigenvalue weighted by Gasteiger charge is -2.25. The van der Waals surface area contributed by atoms with Crippen LogP contribution in [0.3, 0.4) is 0 Å². The predicted octanol–water partition coefficient (Wildman–Crippen LogP) is 1.30. The van der Waals surface area contributed by atoms with Gasteiger partial charge in [-0.3, -0.25) is 4.84 Å². The summed E-state index contributed by atoms with van der Waals surface area (Å²) in [5.41, 5.74) is -0.140. The van der Waals surface area contributed by atoms with Gasteiger partial charge >= 0.3 is 6.09 Å². The molecule has 0 aliphatic rings. The Morgan fingerprint density at radius 2 is 2.00 bits per heavy atom. The number of rotatable bonds is 5. The molecular weight excluding hydrogens is 186 g/mol. The molecule has 3 radical (unpaired) electrons. The van der Waals surface area contributed by atoms with Crippen LogP contribution in [-0.2, 0) is 9.57 Å². The normalized spacial score (nSPS) is 12.3. The van der Waals surface area contributed by atoms with Gasteiger partial charge in [0.15, 0.2) is 0 Å². The molecule has 1 unspecified atom stereocenters. The monoisotopic (exact) mass is 202 g/mol. The third-order valence-electron chi connectivity index (χ3n) is 1.39. The molecule has 1 amide bonds. The fraction of sp³-hybridized carbons (Fsp3) is 0.875. The molecule has 75 valence electrons. The Labute approximate surface area is 82.6 Å². The first kappa shape index (κ1) is 12.4. The summed E-state index contributed by atoms with van der Waals surface area (Å²) >= 11 is 0. The summed E-state index contributed by atoms with van der Waals surface area (Å²) in [7, 11) is 3.37. The van der Waals surface area contributed by atoms with E-state index in [1.165, 1.54) is 5.06 Å². The maximum Gasteiger partial charge on any atom is 0.433 e. The molecule has 0 aliphatic heterocycles. The van der Waals surface area contributed by atoms with Crippen LogP contribution >= 0.6 is 0 Å². The third kappa shape index (κ3) is 4.28. The molecule has 5 heteroatoms. The molecule has 0 aromatic heterocycles. The van der Waals surface area contributed by atoms with Crippen molar-refractivity contribution < 1.29 is 14.4 Å². The summed E-state index contributed by atoms with van der Waals surface area (Å²) in [6, 6.07) is 0.